The highest BCUT2D eigenvalue weighted by Crippen LogP contribution is 2.32. The van der Waals surface area contributed by atoms with Gasteiger partial charge in [-0.1, -0.05) is 12.1 Å². The molecule has 2 aromatic rings. The molecule has 1 aliphatic rings. The molecule has 1 heterocycles. The molecule has 21 heavy (non-hydrogen) atoms. The van der Waals surface area contributed by atoms with Gasteiger partial charge in [-0.05, 0) is 37.1 Å². The molecule has 0 spiro atoms. The van der Waals surface area contributed by atoms with Gasteiger partial charge < -0.3 is 9.73 Å². The first-order chi connectivity index (χ1) is 9.93. The zero-order valence-corrected chi connectivity index (χ0v) is 10.9. The van der Waals surface area contributed by atoms with Crippen LogP contribution in [-0.4, -0.2) is 11.9 Å². The molecule has 110 valence electrons. The summed E-state index contributed by atoms with van der Waals surface area (Å²) in [5.74, 6) is 0.00656. The maximum atomic E-state index is 12.7. The predicted octanol–water partition coefficient (Wildman–Crippen LogP) is 3.86. The van der Waals surface area contributed by atoms with Gasteiger partial charge in [-0.2, -0.15) is 13.2 Å². The van der Waals surface area contributed by atoms with Gasteiger partial charge >= 0.3 is 6.18 Å². The van der Waals surface area contributed by atoms with Gasteiger partial charge in [0.15, 0.2) is 5.76 Å². The minimum Gasteiger partial charge on any atom is -0.451 e. The molecule has 0 aliphatic heterocycles. The average Bonchev–Trinajstić information content (AvgIpc) is 3.11. The normalized spacial score (nSPS) is 15.0. The number of nitrogens with one attached hydrogen (secondary N) is 1. The second kappa shape index (κ2) is 4.95. The van der Waals surface area contributed by atoms with Crippen LogP contribution in [0.4, 0.5) is 13.2 Å². The van der Waals surface area contributed by atoms with Gasteiger partial charge in [0.2, 0.25) is 0 Å². The lowest BCUT2D eigenvalue weighted by molar-refractivity contribution is -0.137. The molecule has 0 bridgehead atoms. The highest BCUT2D eigenvalue weighted by molar-refractivity contribution is 5.92. The Bertz CT molecular complexity index is 672. The number of alkyl halides is 3. The molecule has 1 fully saturated rings. The summed E-state index contributed by atoms with van der Waals surface area (Å²) < 4.78 is 43.4. The Morgan fingerprint density at radius 1 is 1.19 bits per heavy atom. The van der Waals surface area contributed by atoms with Crippen LogP contribution in [0.5, 0.6) is 0 Å². The second-order valence-electron chi connectivity index (χ2n) is 4.99. The molecular formula is C15H12F3NO2. The number of furan rings is 1. The summed E-state index contributed by atoms with van der Waals surface area (Å²) in [7, 11) is 0. The van der Waals surface area contributed by atoms with Crippen molar-refractivity contribution in [2.75, 3.05) is 0 Å². The third kappa shape index (κ3) is 3.09. The van der Waals surface area contributed by atoms with Gasteiger partial charge in [0.05, 0.1) is 5.56 Å². The number of amides is 1. The Hall–Kier alpha value is -2.24. The van der Waals surface area contributed by atoms with Gasteiger partial charge in [-0.3, -0.25) is 4.79 Å². The van der Waals surface area contributed by atoms with Crippen molar-refractivity contribution in [1.29, 1.82) is 0 Å². The van der Waals surface area contributed by atoms with Crippen LogP contribution in [0, 0.1) is 0 Å². The minimum absolute atomic E-state index is 0.106. The van der Waals surface area contributed by atoms with Gasteiger partial charge in [0.25, 0.3) is 5.91 Å². The summed E-state index contributed by atoms with van der Waals surface area (Å²) in [6.45, 7) is 0. The van der Waals surface area contributed by atoms with Crippen molar-refractivity contribution in [2.24, 2.45) is 0 Å². The van der Waals surface area contributed by atoms with Crippen LogP contribution in [0.3, 0.4) is 0 Å². The third-order valence-corrected chi connectivity index (χ3v) is 3.22. The first kappa shape index (κ1) is 13.7. The standard InChI is InChI=1S/C15H12F3NO2/c16-15(17,18)10-3-1-2-9(8-10)12-6-7-13(21-12)14(20)19-11-4-5-11/h1-3,6-8,11H,4-5H2,(H,19,20). The summed E-state index contributed by atoms with van der Waals surface area (Å²) in [6, 6.07) is 7.97. The number of carbonyl (C=O) groups excluding carboxylic acids is 1. The van der Waals surface area contributed by atoms with Crippen LogP contribution in [0.25, 0.3) is 11.3 Å². The number of hydrogen-bond donors (Lipinski definition) is 1. The van der Waals surface area contributed by atoms with Gasteiger partial charge in [0.1, 0.15) is 5.76 Å². The van der Waals surface area contributed by atoms with Gasteiger partial charge in [-0.25, -0.2) is 0 Å². The molecule has 1 saturated carbocycles. The topological polar surface area (TPSA) is 42.2 Å². The molecule has 6 heteroatoms. The third-order valence-electron chi connectivity index (χ3n) is 3.22. The van der Waals surface area contributed by atoms with E-state index in [0.29, 0.717) is 0 Å². The van der Waals surface area contributed by atoms with Crippen LogP contribution in [-0.2, 0) is 6.18 Å². The van der Waals surface area contributed by atoms with Gasteiger partial charge in [-0.15, -0.1) is 0 Å². The summed E-state index contributed by atoms with van der Waals surface area (Å²) >= 11 is 0. The van der Waals surface area contributed by atoms with Crippen molar-refractivity contribution in [1.82, 2.24) is 5.32 Å². The first-order valence-corrected chi connectivity index (χ1v) is 6.52. The van der Waals surface area contributed by atoms with Crippen molar-refractivity contribution in [3.05, 3.63) is 47.7 Å². The van der Waals surface area contributed by atoms with Crippen molar-refractivity contribution in [3.8, 4) is 11.3 Å². The maximum Gasteiger partial charge on any atom is 0.416 e. The molecule has 0 unspecified atom stereocenters. The first-order valence-electron chi connectivity index (χ1n) is 6.52. The predicted molar refractivity (Wildman–Crippen MR) is 69.6 cm³/mol. The maximum absolute atomic E-state index is 12.7. The fourth-order valence-electron chi connectivity index (χ4n) is 1.95. The van der Waals surface area contributed by atoms with E-state index in [1.807, 2.05) is 0 Å². The number of benzene rings is 1. The van der Waals surface area contributed by atoms with Crippen LogP contribution in [0.15, 0.2) is 40.8 Å². The number of rotatable bonds is 3. The van der Waals surface area contributed by atoms with Crippen LogP contribution in [0.2, 0.25) is 0 Å². The molecule has 3 rings (SSSR count). The van der Waals surface area contributed by atoms with Crippen molar-refractivity contribution < 1.29 is 22.4 Å². The molecule has 1 N–H and O–H groups in total. The Labute approximate surface area is 118 Å². The van der Waals surface area contributed by atoms with Crippen molar-refractivity contribution in [2.45, 2.75) is 25.1 Å². The van der Waals surface area contributed by atoms with E-state index in [9.17, 15) is 18.0 Å². The molecular weight excluding hydrogens is 283 g/mol. The summed E-state index contributed by atoms with van der Waals surface area (Å²) in [4.78, 5) is 11.8. The largest absolute Gasteiger partial charge is 0.451 e. The highest BCUT2D eigenvalue weighted by Gasteiger charge is 2.31. The Kier molecular flexibility index (Phi) is 3.23. The molecule has 1 aromatic carbocycles. The second-order valence-corrected chi connectivity index (χ2v) is 4.99. The Balaban J connectivity index is 1.84. The zero-order chi connectivity index (χ0) is 15.0. The number of carbonyl (C=O) groups is 1. The van der Waals surface area contributed by atoms with E-state index < -0.39 is 11.7 Å². The van der Waals surface area contributed by atoms with E-state index in [4.69, 9.17) is 4.42 Å². The quantitative estimate of drug-likeness (QED) is 0.934. The lowest BCUT2D eigenvalue weighted by atomic mass is 10.1. The summed E-state index contributed by atoms with van der Waals surface area (Å²) in [6.07, 6.45) is -2.51. The van der Waals surface area contributed by atoms with E-state index in [0.717, 1.165) is 25.0 Å². The fraction of sp³-hybridized carbons (Fsp3) is 0.267. The van der Waals surface area contributed by atoms with Crippen LogP contribution >= 0.6 is 0 Å². The van der Waals surface area contributed by atoms with Crippen LogP contribution < -0.4 is 5.32 Å². The molecule has 3 nitrogen and oxygen atoms in total. The van der Waals surface area contributed by atoms with E-state index >= 15 is 0 Å². The van der Waals surface area contributed by atoms with E-state index in [1.54, 1.807) is 0 Å². The highest BCUT2D eigenvalue weighted by atomic mass is 19.4. The average molecular weight is 295 g/mol. The number of hydrogen-bond acceptors (Lipinski definition) is 2. The number of halogens is 3. The Morgan fingerprint density at radius 2 is 1.95 bits per heavy atom. The van der Waals surface area contributed by atoms with Crippen molar-refractivity contribution in [3.63, 3.8) is 0 Å². The lowest BCUT2D eigenvalue weighted by Crippen LogP contribution is -2.24. The molecule has 0 saturated heterocycles. The smallest absolute Gasteiger partial charge is 0.416 e. The van der Waals surface area contributed by atoms with Gasteiger partial charge in [0, 0.05) is 11.6 Å². The molecule has 1 aliphatic carbocycles. The monoisotopic (exact) mass is 295 g/mol. The Morgan fingerprint density at radius 3 is 2.62 bits per heavy atom. The molecule has 1 aromatic heterocycles. The van der Waals surface area contributed by atoms with E-state index in [2.05, 4.69) is 5.32 Å². The summed E-state index contributed by atoms with van der Waals surface area (Å²) in [5.41, 5.74) is -0.462. The van der Waals surface area contributed by atoms with E-state index in [1.165, 1.54) is 24.3 Å². The lowest BCUT2D eigenvalue weighted by Gasteiger charge is -2.07. The minimum atomic E-state index is -4.41. The van der Waals surface area contributed by atoms with Crippen molar-refractivity contribution >= 4 is 5.91 Å². The molecule has 1 amide bonds. The summed E-state index contributed by atoms with van der Waals surface area (Å²) in [5, 5.41) is 2.76. The van der Waals surface area contributed by atoms with Crippen LogP contribution in [0.1, 0.15) is 29.0 Å². The SMILES string of the molecule is O=C(NC1CC1)c1ccc(-c2cccc(C(F)(F)F)c2)o1. The molecule has 0 radical (unpaired) electrons. The zero-order valence-electron chi connectivity index (χ0n) is 10.9. The fourth-order valence-corrected chi connectivity index (χ4v) is 1.95. The van der Waals surface area contributed by atoms with E-state index in [-0.39, 0.29) is 29.0 Å². The molecule has 0 atom stereocenters.